The summed E-state index contributed by atoms with van der Waals surface area (Å²) in [5, 5.41) is 0. The number of ether oxygens (including phenoxy) is 1. The molecule has 0 radical (unpaired) electrons. The van der Waals surface area contributed by atoms with Gasteiger partial charge < -0.3 is 4.74 Å². The monoisotopic (exact) mass is 181 g/mol. The summed E-state index contributed by atoms with van der Waals surface area (Å²) in [5.41, 5.74) is 0. The number of hydrogen-bond acceptors (Lipinski definition) is 4. The van der Waals surface area contributed by atoms with E-state index in [0.717, 1.165) is 5.75 Å². The number of halogens is 1. The Balaban J connectivity index is 2.46. The molecule has 1 heterocycles. The highest BCUT2D eigenvalue weighted by Crippen LogP contribution is 2.22. The van der Waals surface area contributed by atoms with Crippen LogP contribution in [0.1, 0.15) is 0 Å². The van der Waals surface area contributed by atoms with E-state index in [1.165, 1.54) is 11.5 Å². The number of esters is 1. The largest absolute Gasteiger partial charge is 0.468 e. The number of methoxy groups -OCH3 is 1. The zero-order chi connectivity index (χ0) is 7.56. The number of rotatable bonds is 1. The molecule has 0 spiro atoms. The first kappa shape index (κ1) is 8.17. The van der Waals surface area contributed by atoms with Crippen molar-refractivity contribution in [3.05, 3.63) is 0 Å². The van der Waals surface area contributed by atoms with Crippen LogP contribution in [0.3, 0.4) is 0 Å². The number of nitrogens with zero attached hydrogens (tertiary/aromatic N) is 1. The summed E-state index contributed by atoms with van der Waals surface area (Å²) in [7, 11) is 1.37. The second kappa shape index (κ2) is 3.46. The maximum atomic E-state index is 10.9. The van der Waals surface area contributed by atoms with Crippen LogP contribution in [0, 0.1) is 0 Å². The van der Waals surface area contributed by atoms with E-state index in [1.54, 1.807) is 11.8 Å². The fourth-order valence-electron chi connectivity index (χ4n) is 0.741. The van der Waals surface area contributed by atoms with Crippen LogP contribution in [-0.4, -0.2) is 35.2 Å². The second-order valence-corrected chi connectivity index (χ2v) is 3.37. The van der Waals surface area contributed by atoms with Gasteiger partial charge in [0, 0.05) is 5.75 Å². The molecule has 0 saturated carbocycles. The SMILES string of the molecule is COC(=O)C1CSCN1Cl. The van der Waals surface area contributed by atoms with E-state index >= 15 is 0 Å². The molecule has 1 aliphatic heterocycles. The fraction of sp³-hybridized carbons (Fsp3) is 0.800. The second-order valence-electron chi connectivity index (χ2n) is 1.94. The average molecular weight is 182 g/mol. The fourth-order valence-corrected chi connectivity index (χ4v) is 2.18. The van der Waals surface area contributed by atoms with Crippen LogP contribution >= 0.6 is 23.5 Å². The third kappa shape index (κ3) is 1.56. The molecular weight excluding hydrogens is 174 g/mol. The Bertz CT molecular complexity index is 144. The van der Waals surface area contributed by atoms with Gasteiger partial charge in [-0.3, -0.25) is 4.79 Å². The van der Waals surface area contributed by atoms with Gasteiger partial charge in [0.2, 0.25) is 0 Å². The van der Waals surface area contributed by atoms with Crippen LogP contribution in [0.4, 0.5) is 0 Å². The van der Waals surface area contributed by atoms with E-state index < -0.39 is 0 Å². The van der Waals surface area contributed by atoms with Crippen LogP contribution < -0.4 is 0 Å². The van der Waals surface area contributed by atoms with Crippen molar-refractivity contribution in [3.8, 4) is 0 Å². The highest BCUT2D eigenvalue weighted by molar-refractivity contribution is 7.99. The number of thioether (sulfide) groups is 1. The molecule has 0 bridgehead atoms. The van der Waals surface area contributed by atoms with Crippen molar-refractivity contribution < 1.29 is 9.53 Å². The van der Waals surface area contributed by atoms with Gasteiger partial charge in [-0.15, -0.1) is 11.8 Å². The molecule has 1 aliphatic rings. The molecule has 5 heteroatoms. The Kier molecular flexibility index (Phi) is 2.82. The molecular formula is C5H8ClNO2S. The third-order valence-corrected chi connectivity index (χ3v) is 2.81. The van der Waals surface area contributed by atoms with E-state index in [2.05, 4.69) is 4.74 Å². The van der Waals surface area contributed by atoms with Crippen molar-refractivity contribution >= 4 is 29.5 Å². The molecule has 0 aliphatic carbocycles. The molecule has 0 amide bonds. The van der Waals surface area contributed by atoms with Crippen LogP contribution in [0.15, 0.2) is 0 Å². The van der Waals surface area contributed by atoms with Gasteiger partial charge in [-0.05, 0) is 11.8 Å². The Morgan fingerprint density at radius 1 is 1.90 bits per heavy atom. The molecule has 3 nitrogen and oxygen atoms in total. The highest BCUT2D eigenvalue weighted by Gasteiger charge is 2.30. The van der Waals surface area contributed by atoms with Gasteiger partial charge in [0.05, 0.1) is 13.0 Å². The predicted octanol–water partition coefficient (Wildman–Crippen LogP) is 0.688. The number of hydrogen-bond donors (Lipinski definition) is 0. The molecule has 0 aromatic carbocycles. The Labute approximate surface area is 68.8 Å². The molecule has 58 valence electrons. The normalized spacial score (nSPS) is 26.8. The lowest BCUT2D eigenvalue weighted by Gasteiger charge is -2.11. The summed E-state index contributed by atoms with van der Waals surface area (Å²) in [6.45, 7) is 0. The molecule has 10 heavy (non-hydrogen) atoms. The Morgan fingerprint density at radius 2 is 2.60 bits per heavy atom. The first-order valence-corrected chi connectivity index (χ1v) is 4.33. The van der Waals surface area contributed by atoms with Crippen molar-refractivity contribution in [2.24, 2.45) is 0 Å². The van der Waals surface area contributed by atoms with Gasteiger partial charge in [-0.1, -0.05) is 0 Å². The van der Waals surface area contributed by atoms with Gasteiger partial charge in [-0.25, -0.2) is 0 Å². The standard InChI is InChI=1S/C5H8ClNO2S/c1-9-5(8)4-2-10-3-7(4)6/h4H,2-3H2,1H3. The van der Waals surface area contributed by atoms with E-state index in [4.69, 9.17) is 11.8 Å². The van der Waals surface area contributed by atoms with Crippen LogP contribution in [0.5, 0.6) is 0 Å². The molecule has 1 unspecified atom stereocenters. The number of carbonyl (C=O) groups is 1. The van der Waals surface area contributed by atoms with Crippen LogP contribution in [-0.2, 0) is 9.53 Å². The van der Waals surface area contributed by atoms with E-state index in [9.17, 15) is 4.79 Å². The summed E-state index contributed by atoms with van der Waals surface area (Å²) in [6, 6.07) is -0.253. The van der Waals surface area contributed by atoms with Crippen LogP contribution in [0.2, 0.25) is 0 Å². The topological polar surface area (TPSA) is 29.5 Å². The van der Waals surface area contributed by atoms with Crippen molar-refractivity contribution in [1.29, 1.82) is 0 Å². The average Bonchev–Trinajstić information content (AvgIpc) is 2.34. The minimum atomic E-state index is -0.253. The van der Waals surface area contributed by atoms with Crippen molar-refractivity contribution in [2.75, 3.05) is 18.7 Å². The smallest absolute Gasteiger partial charge is 0.325 e. The molecule has 0 aromatic rings. The van der Waals surface area contributed by atoms with Gasteiger partial charge in [-0.2, -0.15) is 4.42 Å². The molecule has 1 saturated heterocycles. The van der Waals surface area contributed by atoms with Crippen molar-refractivity contribution in [1.82, 2.24) is 4.42 Å². The van der Waals surface area contributed by atoms with Gasteiger partial charge >= 0.3 is 5.97 Å². The Morgan fingerprint density at radius 3 is 3.00 bits per heavy atom. The zero-order valence-electron chi connectivity index (χ0n) is 5.54. The Hall–Kier alpha value is 0.0700. The summed E-state index contributed by atoms with van der Waals surface area (Å²) >= 11 is 7.29. The summed E-state index contributed by atoms with van der Waals surface area (Å²) in [4.78, 5) is 10.9. The molecule has 1 fully saturated rings. The lowest BCUT2D eigenvalue weighted by atomic mass is 10.3. The molecule has 0 aromatic heterocycles. The van der Waals surface area contributed by atoms with Gasteiger partial charge in [0.15, 0.2) is 0 Å². The molecule has 0 N–H and O–H groups in total. The van der Waals surface area contributed by atoms with E-state index in [0.29, 0.717) is 5.88 Å². The molecule has 1 atom stereocenters. The first-order chi connectivity index (χ1) is 4.75. The maximum absolute atomic E-state index is 10.9. The van der Waals surface area contributed by atoms with Crippen LogP contribution in [0.25, 0.3) is 0 Å². The van der Waals surface area contributed by atoms with E-state index in [1.807, 2.05) is 0 Å². The summed E-state index contributed by atoms with van der Waals surface area (Å²) in [6.07, 6.45) is 0. The first-order valence-electron chi connectivity index (χ1n) is 2.83. The van der Waals surface area contributed by atoms with Crippen molar-refractivity contribution in [2.45, 2.75) is 6.04 Å². The lowest BCUT2D eigenvalue weighted by Crippen LogP contribution is -2.32. The van der Waals surface area contributed by atoms with E-state index in [-0.39, 0.29) is 12.0 Å². The van der Waals surface area contributed by atoms with Gasteiger partial charge in [0.25, 0.3) is 0 Å². The maximum Gasteiger partial charge on any atom is 0.325 e. The predicted molar refractivity (Wildman–Crippen MR) is 40.8 cm³/mol. The molecule has 1 rings (SSSR count). The minimum absolute atomic E-state index is 0.250. The van der Waals surface area contributed by atoms with Crippen molar-refractivity contribution in [3.63, 3.8) is 0 Å². The van der Waals surface area contributed by atoms with Gasteiger partial charge in [0.1, 0.15) is 6.04 Å². The zero-order valence-corrected chi connectivity index (χ0v) is 7.11. The summed E-state index contributed by atoms with van der Waals surface area (Å²) < 4.78 is 5.99. The number of carbonyl (C=O) groups excluding carboxylic acids is 1. The summed E-state index contributed by atoms with van der Waals surface area (Å²) in [5.74, 6) is 1.18. The lowest BCUT2D eigenvalue weighted by molar-refractivity contribution is -0.143. The third-order valence-electron chi connectivity index (χ3n) is 1.30. The highest BCUT2D eigenvalue weighted by atomic mass is 35.5. The minimum Gasteiger partial charge on any atom is -0.468 e. The quantitative estimate of drug-likeness (QED) is 0.440.